The number of imidazole rings is 1. The maximum atomic E-state index is 4.84. The minimum absolute atomic E-state index is 1.01. The summed E-state index contributed by atoms with van der Waals surface area (Å²) in [6, 6.07) is 10.4. The first-order valence-corrected chi connectivity index (χ1v) is 7.83. The van der Waals surface area contributed by atoms with Crippen molar-refractivity contribution in [1.82, 2.24) is 14.4 Å². The van der Waals surface area contributed by atoms with E-state index in [4.69, 9.17) is 9.97 Å². The van der Waals surface area contributed by atoms with Crippen molar-refractivity contribution in [2.45, 2.75) is 20.8 Å². The molecule has 0 aliphatic rings. The normalized spacial score (nSPS) is 11.6. The highest BCUT2D eigenvalue weighted by molar-refractivity contribution is 7.13. The molecule has 3 nitrogen and oxygen atoms in total. The van der Waals surface area contributed by atoms with Crippen LogP contribution in [0.3, 0.4) is 0 Å². The molecule has 4 rings (SSSR count). The summed E-state index contributed by atoms with van der Waals surface area (Å²) in [5, 5.41) is 2.12. The Hall–Kier alpha value is -2.20. The molecule has 0 radical (unpaired) electrons. The van der Waals surface area contributed by atoms with Crippen LogP contribution in [-0.4, -0.2) is 14.4 Å². The van der Waals surface area contributed by atoms with Gasteiger partial charge in [0.05, 0.1) is 32.8 Å². The van der Waals surface area contributed by atoms with Gasteiger partial charge in [-0.05, 0) is 49.9 Å². The van der Waals surface area contributed by atoms with Crippen LogP contribution in [0.5, 0.6) is 0 Å². The van der Waals surface area contributed by atoms with Gasteiger partial charge in [0.15, 0.2) is 5.82 Å². The van der Waals surface area contributed by atoms with Gasteiger partial charge >= 0.3 is 0 Å². The first kappa shape index (κ1) is 12.5. The SMILES string of the molecule is Cc1ccsc1-c1nc(C)c2c(C)nc3ccccc3n12. The largest absolute Gasteiger partial charge is 0.288 e. The molecule has 0 spiro atoms. The molecule has 3 heterocycles. The van der Waals surface area contributed by atoms with Crippen LogP contribution in [-0.2, 0) is 0 Å². The molecule has 1 aromatic carbocycles. The summed E-state index contributed by atoms with van der Waals surface area (Å²) in [5.74, 6) is 1.02. The van der Waals surface area contributed by atoms with Crippen LogP contribution < -0.4 is 0 Å². The molecular weight excluding hydrogens is 278 g/mol. The minimum atomic E-state index is 1.01. The lowest BCUT2D eigenvalue weighted by Crippen LogP contribution is -1.97. The Kier molecular flexibility index (Phi) is 2.62. The van der Waals surface area contributed by atoms with E-state index >= 15 is 0 Å². The second kappa shape index (κ2) is 4.40. The molecule has 0 atom stereocenters. The monoisotopic (exact) mass is 293 g/mol. The molecule has 4 heteroatoms. The molecule has 0 aliphatic carbocycles. The van der Waals surface area contributed by atoms with Gasteiger partial charge in [0.2, 0.25) is 0 Å². The zero-order valence-electron chi connectivity index (χ0n) is 12.2. The second-order valence-corrected chi connectivity index (χ2v) is 6.24. The molecule has 0 saturated heterocycles. The fourth-order valence-electron chi connectivity index (χ4n) is 2.92. The lowest BCUT2D eigenvalue weighted by atomic mass is 10.2. The number of nitrogens with zero attached hydrogens (tertiary/aromatic N) is 3. The van der Waals surface area contributed by atoms with Crippen molar-refractivity contribution < 1.29 is 0 Å². The van der Waals surface area contributed by atoms with Crippen molar-refractivity contribution in [1.29, 1.82) is 0 Å². The summed E-state index contributed by atoms with van der Waals surface area (Å²) >= 11 is 1.74. The molecular formula is C17H15N3S. The molecule has 104 valence electrons. The van der Waals surface area contributed by atoms with Crippen LogP contribution in [0.1, 0.15) is 17.0 Å². The van der Waals surface area contributed by atoms with Crippen molar-refractivity contribution in [3.05, 3.63) is 52.7 Å². The highest BCUT2D eigenvalue weighted by atomic mass is 32.1. The van der Waals surface area contributed by atoms with Gasteiger partial charge < -0.3 is 0 Å². The van der Waals surface area contributed by atoms with Gasteiger partial charge in [-0.25, -0.2) is 9.97 Å². The van der Waals surface area contributed by atoms with Crippen molar-refractivity contribution in [3.63, 3.8) is 0 Å². The Balaban J connectivity index is 2.25. The predicted octanol–water partition coefficient (Wildman–Crippen LogP) is 4.54. The predicted molar refractivity (Wildman–Crippen MR) is 88.0 cm³/mol. The molecule has 0 unspecified atom stereocenters. The molecule has 0 N–H and O–H groups in total. The third-order valence-corrected chi connectivity index (χ3v) is 4.88. The number of aryl methyl sites for hydroxylation is 3. The number of para-hydroxylation sites is 2. The Morgan fingerprint density at radius 3 is 2.48 bits per heavy atom. The van der Waals surface area contributed by atoms with Crippen LogP contribution in [0.15, 0.2) is 35.7 Å². The fourth-order valence-corrected chi connectivity index (χ4v) is 3.83. The zero-order chi connectivity index (χ0) is 14.6. The average molecular weight is 293 g/mol. The Morgan fingerprint density at radius 2 is 1.71 bits per heavy atom. The van der Waals surface area contributed by atoms with Gasteiger partial charge in [0.1, 0.15) is 0 Å². The van der Waals surface area contributed by atoms with Gasteiger partial charge in [-0.3, -0.25) is 4.40 Å². The van der Waals surface area contributed by atoms with E-state index < -0.39 is 0 Å². The van der Waals surface area contributed by atoms with E-state index in [-0.39, 0.29) is 0 Å². The van der Waals surface area contributed by atoms with Crippen molar-refractivity contribution >= 4 is 27.9 Å². The third kappa shape index (κ3) is 1.72. The van der Waals surface area contributed by atoms with Gasteiger partial charge in [-0.15, -0.1) is 11.3 Å². The fraction of sp³-hybridized carbons (Fsp3) is 0.176. The number of hydrogen-bond acceptors (Lipinski definition) is 3. The number of fused-ring (bicyclic) bond motifs is 3. The Bertz CT molecular complexity index is 978. The molecule has 0 aliphatic heterocycles. The average Bonchev–Trinajstić information content (AvgIpc) is 3.03. The summed E-state index contributed by atoms with van der Waals surface area (Å²) in [7, 11) is 0. The van der Waals surface area contributed by atoms with E-state index in [2.05, 4.69) is 54.8 Å². The van der Waals surface area contributed by atoms with E-state index in [1.165, 1.54) is 10.4 Å². The summed E-state index contributed by atoms with van der Waals surface area (Å²) in [5.41, 5.74) is 6.58. The molecule has 0 fully saturated rings. The van der Waals surface area contributed by atoms with Gasteiger partial charge in [-0.1, -0.05) is 12.1 Å². The quantitative estimate of drug-likeness (QED) is 0.516. The number of benzene rings is 1. The molecule has 21 heavy (non-hydrogen) atoms. The van der Waals surface area contributed by atoms with Gasteiger partial charge in [0, 0.05) is 0 Å². The lowest BCUT2D eigenvalue weighted by Gasteiger charge is -2.07. The first-order valence-electron chi connectivity index (χ1n) is 6.95. The standard InChI is InChI=1S/C17H15N3S/c1-10-8-9-21-16(10)17-19-12(3)15-11(2)18-13-6-4-5-7-14(13)20(15)17/h4-9H,1-3H3. The topological polar surface area (TPSA) is 30.2 Å². The maximum Gasteiger partial charge on any atom is 0.155 e. The second-order valence-electron chi connectivity index (χ2n) is 5.32. The number of aromatic nitrogens is 3. The molecule has 4 aromatic rings. The summed E-state index contributed by atoms with van der Waals surface area (Å²) in [6.45, 7) is 6.26. The smallest absolute Gasteiger partial charge is 0.155 e. The van der Waals surface area contributed by atoms with Gasteiger partial charge in [-0.2, -0.15) is 0 Å². The van der Waals surface area contributed by atoms with E-state index in [0.717, 1.165) is 33.8 Å². The Labute approximate surface area is 126 Å². The van der Waals surface area contributed by atoms with Gasteiger partial charge in [0.25, 0.3) is 0 Å². The van der Waals surface area contributed by atoms with E-state index in [1.807, 2.05) is 6.07 Å². The number of thiophene rings is 1. The van der Waals surface area contributed by atoms with Crippen LogP contribution in [0.4, 0.5) is 0 Å². The van der Waals surface area contributed by atoms with Crippen LogP contribution in [0, 0.1) is 20.8 Å². The van der Waals surface area contributed by atoms with Crippen molar-refractivity contribution in [2.75, 3.05) is 0 Å². The van der Waals surface area contributed by atoms with Crippen LogP contribution >= 0.6 is 11.3 Å². The molecule has 0 amide bonds. The number of rotatable bonds is 1. The zero-order valence-corrected chi connectivity index (χ0v) is 13.0. The van der Waals surface area contributed by atoms with Crippen LogP contribution in [0.25, 0.3) is 27.3 Å². The third-order valence-electron chi connectivity index (χ3n) is 3.87. The summed E-state index contributed by atoms with van der Waals surface area (Å²) in [4.78, 5) is 10.8. The van der Waals surface area contributed by atoms with Crippen LogP contribution in [0.2, 0.25) is 0 Å². The van der Waals surface area contributed by atoms with E-state index in [1.54, 1.807) is 11.3 Å². The summed E-state index contributed by atoms with van der Waals surface area (Å²) < 4.78 is 2.26. The lowest BCUT2D eigenvalue weighted by molar-refractivity contribution is 1.16. The molecule has 3 aromatic heterocycles. The Morgan fingerprint density at radius 1 is 0.952 bits per heavy atom. The van der Waals surface area contributed by atoms with E-state index in [9.17, 15) is 0 Å². The highest BCUT2D eigenvalue weighted by Gasteiger charge is 2.17. The number of hydrogen-bond donors (Lipinski definition) is 0. The van der Waals surface area contributed by atoms with Crippen molar-refractivity contribution in [2.24, 2.45) is 0 Å². The molecule has 0 saturated carbocycles. The van der Waals surface area contributed by atoms with Crippen molar-refractivity contribution in [3.8, 4) is 10.7 Å². The van der Waals surface area contributed by atoms with E-state index in [0.29, 0.717) is 0 Å². The first-order chi connectivity index (χ1) is 10.2. The molecule has 0 bridgehead atoms. The minimum Gasteiger partial charge on any atom is -0.288 e. The maximum absolute atomic E-state index is 4.84. The summed E-state index contributed by atoms with van der Waals surface area (Å²) in [6.07, 6.45) is 0. The highest BCUT2D eigenvalue weighted by Crippen LogP contribution is 2.32.